The topological polar surface area (TPSA) is 55.4 Å². The van der Waals surface area contributed by atoms with Gasteiger partial charge in [0, 0.05) is 16.3 Å². The van der Waals surface area contributed by atoms with Gasteiger partial charge in [0.25, 0.3) is 5.91 Å². The highest BCUT2D eigenvalue weighted by molar-refractivity contribution is 9.10. The molecular formula is C17H22BrNO3S. The van der Waals surface area contributed by atoms with Crippen molar-refractivity contribution in [3.05, 3.63) is 34.3 Å². The first-order valence-corrected chi connectivity index (χ1v) is 9.71. The average Bonchev–Trinajstić information content (AvgIpc) is 3.04. The van der Waals surface area contributed by atoms with Crippen LogP contribution in [0.3, 0.4) is 0 Å². The summed E-state index contributed by atoms with van der Waals surface area (Å²) in [5, 5.41) is 2.62. The zero-order valence-corrected chi connectivity index (χ0v) is 15.6. The van der Waals surface area contributed by atoms with E-state index in [4.69, 9.17) is 4.74 Å². The Balaban J connectivity index is 1.65. The van der Waals surface area contributed by atoms with E-state index in [2.05, 4.69) is 21.2 Å². The van der Waals surface area contributed by atoms with E-state index in [0.717, 1.165) is 41.5 Å². The Morgan fingerprint density at radius 2 is 1.96 bits per heavy atom. The van der Waals surface area contributed by atoms with E-state index in [1.165, 1.54) is 11.8 Å². The maximum absolute atomic E-state index is 11.9. The highest BCUT2D eigenvalue weighted by atomic mass is 79.9. The predicted octanol–water partition coefficient (Wildman–Crippen LogP) is 3.67. The van der Waals surface area contributed by atoms with Crippen molar-refractivity contribution in [2.75, 3.05) is 6.61 Å². The molecule has 0 saturated heterocycles. The fraction of sp³-hybridized carbons (Fsp3) is 0.529. The third kappa shape index (κ3) is 6.55. The highest BCUT2D eigenvalue weighted by Crippen LogP contribution is 2.20. The molecule has 0 aliphatic heterocycles. The standard InChI is InChI=1S/C17H22BrNO3S/c1-12(23-11-13-6-8-14(18)9-7-13)17(21)22-10-16(20)19-15-4-2-3-5-15/h6-9,12,15H,2-5,10-11H2,1H3,(H,19,20)/t12-/m0/s1. The summed E-state index contributed by atoms with van der Waals surface area (Å²) in [6, 6.07) is 8.25. The lowest BCUT2D eigenvalue weighted by Gasteiger charge is -2.14. The molecule has 1 fully saturated rings. The monoisotopic (exact) mass is 399 g/mol. The van der Waals surface area contributed by atoms with Crippen molar-refractivity contribution in [2.45, 2.75) is 49.7 Å². The molecule has 1 aliphatic carbocycles. The first-order chi connectivity index (χ1) is 11.0. The van der Waals surface area contributed by atoms with Crippen LogP contribution in [-0.4, -0.2) is 29.8 Å². The van der Waals surface area contributed by atoms with Gasteiger partial charge in [-0.1, -0.05) is 40.9 Å². The van der Waals surface area contributed by atoms with Crippen LogP contribution in [-0.2, 0) is 20.1 Å². The van der Waals surface area contributed by atoms with Gasteiger partial charge in [-0.3, -0.25) is 9.59 Å². The van der Waals surface area contributed by atoms with E-state index in [1.54, 1.807) is 6.92 Å². The van der Waals surface area contributed by atoms with Crippen molar-refractivity contribution >= 4 is 39.6 Å². The van der Waals surface area contributed by atoms with E-state index >= 15 is 0 Å². The van der Waals surface area contributed by atoms with E-state index in [-0.39, 0.29) is 29.8 Å². The van der Waals surface area contributed by atoms with Gasteiger partial charge < -0.3 is 10.1 Å². The molecule has 1 aromatic carbocycles. The van der Waals surface area contributed by atoms with Crippen LogP contribution in [0.1, 0.15) is 38.2 Å². The highest BCUT2D eigenvalue weighted by Gasteiger charge is 2.20. The Hall–Kier alpha value is -1.01. The van der Waals surface area contributed by atoms with Gasteiger partial charge in [-0.25, -0.2) is 0 Å². The van der Waals surface area contributed by atoms with Crippen LogP contribution in [0.15, 0.2) is 28.7 Å². The summed E-state index contributed by atoms with van der Waals surface area (Å²) in [7, 11) is 0. The number of carbonyl (C=O) groups excluding carboxylic acids is 2. The molecule has 1 aromatic rings. The second-order valence-corrected chi connectivity index (χ2v) is 7.98. The molecule has 1 amide bonds. The van der Waals surface area contributed by atoms with Gasteiger partial charge in [-0.05, 0) is 37.5 Å². The van der Waals surface area contributed by atoms with Gasteiger partial charge >= 0.3 is 5.97 Å². The summed E-state index contributed by atoms with van der Waals surface area (Å²) in [6.45, 7) is 1.62. The lowest BCUT2D eigenvalue weighted by atomic mass is 10.2. The molecule has 4 nitrogen and oxygen atoms in total. The van der Waals surface area contributed by atoms with Gasteiger partial charge in [-0.2, -0.15) is 0 Å². The molecule has 126 valence electrons. The Morgan fingerprint density at radius 3 is 2.61 bits per heavy atom. The molecule has 0 heterocycles. The minimum absolute atomic E-state index is 0.182. The van der Waals surface area contributed by atoms with Crippen molar-refractivity contribution in [2.24, 2.45) is 0 Å². The average molecular weight is 400 g/mol. The van der Waals surface area contributed by atoms with Crippen molar-refractivity contribution in [1.29, 1.82) is 0 Å². The molecule has 1 N–H and O–H groups in total. The number of hydrogen-bond donors (Lipinski definition) is 1. The van der Waals surface area contributed by atoms with Crippen LogP contribution in [0.5, 0.6) is 0 Å². The Labute approximate surface area is 149 Å². The van der Waals surface area contributed by atoms with E-state index < -0.39 is 0 Å². The van der Waals surface area contributed by atoms with Gasteiger partial charge in [0.15, 0.2) is 6.61 Å². The summed E-state index contributed by atoms with van der Waals surface area (Å²) in [5.74, 6) is 0.196. The number of rotatable bonds is 7. The fourth-order valence-electron chi connectivity index (χ4n) is 2.46. The van der Waals surface area contributed by atoms with Crippen molar-refractivity contribution in [3.63, 3.8) is 0 Å². The van der Waals surface area contributed by atoms with Crippen LogP contribution in [0, 0.1) is 0 Å². The molecule has 1 atom stereocenters. The van der Waals surface area contributed by atoms with Gasteiger partial charge in [-0.15, -0.1) is 11.8 Å². The largest absolute Gasteiger partial charge is 0.455 e. The number of carbonyl (C=O) groups is 2. The van der Waals surface area contributed by atoms with Gasteiger partial charge in [0.2, 0.25) is 0 Å². The first-order valence-electron chi connectivity index (χ1n) is 7.86. The number of esters is 1. The Kier molecular flexibility index (Phi) is 7.43. The van der Waals surface area contributed by atoms with E-state index in [0.29, 0.717) is 0 Å². The molecule has 0 unspecified atom stereocenters. The second-order valence-electron chi connectivity index (χ2n) is 5.74. The smallest absolute Gasteiger partial charge is 0.319 e. The van der Waals surface area contributed by atoms with E-state index in [1.807, 2.05) is 24.3 Å². The summed E-state index contributed by atoms with van der Waals surface area (Å²) < 4.78 is 6.14. The molecule has 0 bridgehead atoms. The lowest BCUT2D eigenvalue weighted by Crippen LogP contribution is -2.36. The molecule has 0 spiro atoms. The second kappa shape index (κ2) is 9.33. The molecule has 2 rings (SSSR count). The molecule has 23 heavy (non-hydrogen) atoms. The van der Waals surface area contributed by atoms with Crippen molar-refractivity contribution < 1.29 is 14.3 Å². The quantitative estimate of drug-likeness (QED) is 0.710. The Bertz CT molecular complexity index is 529. The van der Waals surface area contributed by atoms with Crippen LogP contribution >= 0.6 is 27.7 Å². The third-order valence-electron chi connectivity index (χ3n) is 3.81. The number of amides is 1. The third-order valence-corrected chi connectivity index (χ3v) is 5.53. The minimum Gasteiger partial charge on any atom is -0.455 e. The minimum atomic E-state index is -0.339. The summed E-state index contributed by atoms with van der Waals surface area (Å²) >= 11 is 4.90. The maximum Gasteiger partial charge on any atom is 0.319 e. The predicted molar refractivity (Wildman–Crippen MR) is 96.3 cm³/mol. The zero-order valence-electron chi connectivity index (χ0n) is 13.2. The Morgan fingerprint density at radius 1 is 1.30 bits per heavy atom. The van der Waals surface area contributed by atoms with Crippen LogP contribution in [0.4, 0.5) is 0 Å². The first kappa shape index (κ1) is 18.3. The van der Waals surface area contributed by atoms with Crippen LogP contribution in [0.2, 0.25) is 0 Å². The number of nitrogens with one attached hydrogen (secondary N) is 1. The summed E-state index contributed by atoms with van der Waals surface area (Å²) in [5.41, 5.74) is 1.15. The number of ether oxygens (including phenoxy) is 1. The SMILES string of the molecule is C[C@H](SCc1ccc(Br)cc1)C(=O)OCC(=O)NC1CCCC1. The number of benzene rings is 1. The van der Waals surface area contributed by atoms with Crippen LogP contribution < -0.4 is 5.32 Å². The van der Waals surface area contributed by atoms with Gasteiger partial charge in [0.1, 0.15) is 0 Å². The molecule has 1 aliphatic rings. The number of thioether (sulfide) groups is 1. The molecule has 6 heteroatoms. The van der Waals surface area contributed by atoms with Gasteiger partial charge in [0.05, 0.1) is 5.25 Å². The normalized spacial score (nSPS) is 16.1. The summed E-state index contributed by atoms with van der Waals surface area (Å²) in [6.07, 6.45) is 4.38. The molecule has 0 radical (unpaired) electrons. The summed E-state index contributed by atoms with van der Waals surface area (Å²) in [4.78, 5) is 23.7. The van der Waals surface area contributed by atoms with Crippen molar-refractivity contribution in [1.82, 2.24) is 5.32 Å². The van der Waals surface area contributed by atoms with E-state index in [9.17, 15) is 9.59 Å². The maximum atomic E-state index is 11.9. The van der Waals surface area contributed by atoms with Crippen molar-refractivity contribution in [3.8, 4) is 0 Å². The number of hydrogen-bond acceptors (Lipinski definition) is 4. The molecular weight excluding hydrogens is 378 g/mol. The fourth-order valence-corrected chi connectivity index (χ4v) is 3.57. The molecule has 0 aromatic heterocycles. The van der Waals surface area contributed by atoms with Crippen LogP contribution in [0.25, 0.3) is 0 Å². The zero-order chi connectivity index (χ0) is 16.7. The lowest BCUT2D eigenvalue weighted by molar-refractivity contribution is -0.147. The molecule has 1 saturated carbocycles. The number of halogens is 1.